The maximum Gasteiger partial charge on any atom is 0.220 e. The van der Waals surface area contributed by atoms with Crippen molar-refractivity contribution in [1.82, 2.24) is 5.32 Å². The minimum Gasteiger partial charge on any atom is -0.394 e. The van der Waals surface area contributed by atoms with E-state index in [1.165, 1.54) is 128 Å². The van der Waals surface area contributed by atoms with Gasteiger partial charge < -0.3 is 15.5 Å². The Morgan fingerprint density at radius 3 is 1.09 bits per heavy atom. The van der Waals surface area contributed by atoms with Crippen LogP contribution in [0.5, 0.6) is 0 Å². The summed E-state index contributed by atoms with van der Waals surface area (Å²) in [5.41, 5.74) is 0. The number of hydrogen-bond acceptors (Lipinski definition) is 3. The molecule has 0 aliphatic carbocycles. The number of nitrogens with one attached hydrogen (secondary N) is 1. The molecule has 4 heteroatoms. The molecule has 0 radical (unpaired) electrons. The molecule has 3 N–H and O–H groups in total. The molecule has 0 bridgehead atoms. The van der Waals surface area contributed by atoms with Crippen LogP contribution in [-0.2, 0) is 4.79 Å². The zero-order valence-electron chi connectivity index (χ0n) is 41.8. The number of allylic oxidation sites excluding steroid dienone is 19. The third kappa shape index (κ3) is 49.8. The van der Waals surface area contributed by atoms with E-state index in [-0.39, 0.29) is 12.5 Å². The van der Waals surface area contributed by atoms with E-state index >= 15 is 0 Å². The Balaban J connectivity index is 3.60. The fourth-order valence-electron chi connectivity index (χ4n) is 7.37. The summed E-state index contributed by atoms with van der Waals surface area (Å²) in [6.45, 7) is 4.17. The van der Waals surface area contributed by atoms with Crippen molar-refractivity contribution < 1.29 is 15.0 Å². The summed E-state index contributed by atoms with van der Waals surface area (Å²) in [4.78, 5) is 12.4. The average Bonchev–Trinajstić information content (AvgIpc) is 3.30. The van der Waals surface area contributed by atoms with Crippen LogP contribution in [0.15, 0.2) is 122 Å². The van der Waals surface area contributed by atoms with E-state index in [1.54, 1.807) is 6.08 Å². The Bertz CT molecular complexity index is 1280. The minimum absolute atomic E-state index is 0.0841. The largest absolute Gasteiger partial charge is 0.394 e. The monoisotopic (exact) mass is 884 g/mol. The fraction of sp³-hybridized carbons (Fsp3) is 0.650. The van der Waals surface area contributed by atoms with Gasteiger partial charge in [0.25, 0.3) is 0 Å². The number of carbonyl (C=O) groups is 1. The fourth-order valence-corrected chi connectivity index (χ4v) is 7.37. The number of unbranched alkanes of at least 4 members (excludes halogenated alkanes) is 22. The molecule has 2 unspecified atom stereocenters. The summed E-state index contributed by atoms with van der Waals surface area (Å²) in [6.07, 6.45) is 83.4. The Hall–Kier alpha value is -3.21. The van der Waals surface area contributed by atoms with Gasteiger partial charge in [0.1, 0.15) is 0 Å². The number of aliphatic hydroxyl groups is 2. The third-order valence-corrected chi connectivity index (χ3v) is 11.4. The lowest BCUT2D eigenvalue weighted by Crippen LogP contribution is -2.45. The summed E-state index contributed by atoms with van der Waals surface area (Å²) in [7, 11) is 0. The van der Waals surface area contributed by atoms with Crippen molar-refractivity contribution in [2.24, 2.45) is 0 Å². The Morgan fingerprint density at radius 1 is 0.391 bits per heavy atom. The zero-order chi connectivity index (χ0) is 46.3. The van der Waals surface area contributed by atoms with Crippen LogP contribution >= 0.6 is 0 Å². The van der Waals surface area contributed by atoms with Crippen LogP contribution in [0.1, 0.15) is 232 Å². The van der Waals surface area contributed by atoms with E-state index in [9.17, 15) is 15.0 Å². The third-order valence-electron chi connectivity index (χ3n) is 11.4. The van der Waals surface area contributed by atoms with Crippen LogP contribution < -0.4 is 5.32 Å². The first-order valence-corrected chi connectivity index (χ1v) is 26.7. The van der Waals surface area contributed by atoms with Gasteiger partial charge in [-0.15, -0.1) is 0 Å². The van der Waals surface area contributed by atoms with Crippen LogP contribution in [0.4, 0.5) is 0 Å². The first kappa shape index (κ1) is 60.8. The standard InChI is InChI=1S/C60H101NO3/c1-3-5-7-9-11-13-15-17-19-21-22-23-24-25-26-27-28-29-30-31-32-33-34-35-36-37-38-40-42-44-46-48-50-52-54-56-60(64)61-58(57-62)59(63)55-53-51-49-47-45-43-41-39-20-18-16-14-12-10-8-6-4-2/h5,7,11,13,17,19-20,22-23,25-26,28-29,31-32,39,45,47,53,55,58-59,62-63H,3-4,6,8-10,12,14-16,18,21,24,27,30,33-38,40-44,46,48-52,54,56-57H2,1-2H3,(H,61,64)/b7-5-,13-11-,19-17-,23-22-,26-25-,29-28-,32-31-,39-20+,47-45+,55-53+. The van der Waals surface area contributed by atoms with Gasteiger partial charge in [-0.25, -0.2) is 0 Å². The van der Waals surface area contributed by atoms with Crippen LogP contribution in [0, 0.1) is 0 Å². The maximum atomic E-state index is 12.4. The van der Waals surface area contributed by atoms with Gasteiger partial charge in [0.15, 0.2) is 0 Å². The lowest BCUT2D eigenvalue weighted by atomic mass is 10.0. The van der Waals surface area contributed by atoms with Crippen LogP contribution in [0.25, 0.3) is 0 Å². The van der Waals surface area contributed by atoms with Crippen molar-refractivity contribution in [1.29, 1.82) is 0 Å². The van der Waals surface area contributed by atoms with Crippen molar-refractivity contribution in [2.75, 3.05) is 6.61 Å². The van der Waals surface area contributed by atoms with E-state index in [1.807, 2.05) is 6.08 Å². The quantitative estimate of drug-likeness (QED) is 0.0421. The molecule has 4 nitrogen and oxygen atoms in total. The van der Waals surface area contributed by atoms with Gasteiger partial charge in [0.2, 0.25) is 5.91 Å². The maximum absolute atomic E-state index is 12.4. The summed E-state index contributed by atoms with van der Waals surface area (Å²) >= 11 is 0. The highest BCUT2D eigenvalue weighted by atomic mass is 16.3. The van der Waals surface area contributed by atoms with Gasteiger partial charge in [0.05, 0.1) is 18.8 Å². The highest BCUT2D eigenvalue weighted by Crippen LogP contribution is 2.14. The van der Waals surface area contributed by atoms with E-state index in [0.29, 0.717) is 6.42 Å². The average molecular weight is 884 g/mol. The molecule has 64 heavy (non-hydrogen) atoms. The molecule has 364 valence electrons. The molecule has 0 heterocycles. The topological polar surface area (TPSA) is 69.6 Å². The highest BCUT2D eigenvalue weighted by Gasteiger charge is 2.17. The summed E-state index contributed by atoms with van der Waals surface area (Å²) in [5, 5.41) is 23.1. The normalized spacial score (nSPS) is 13.9. The number of amides is 1. The molecule has 2 atom stereocenters. The molecule has 1 amide bonds. The van der Waals surface area contributed by atoms with Gasteiger partial charge in [-0.3, -0.25) is 4.79 Å². The van der Waals surface area contributed by atoms with Gasteiger partial charge in [-0.2, -0.15) is 0 Å². The highest BCUT2D eigenvalue weighted by molar-refractivity contribution is 5.76. The Labute approximate surface area is 397 Å². The van der Waals surface area contributed by atoms with Crippen molar-refractivity contribution in [3.05, 3.63) is 122 Å². The van der Waals surface area contributed by atoms with Crippen molar-refractivity contribution in [3.63, 3.8) is 0 Å². The summed E-state index contributed by atoms with van der Waals surface area (Å²) in [6, 6.07) is -0.653. The van der Waals surface area contributed by atoms with E-state index in [2.05, 4.69) is 129 Å². The number of aliphatic hydroxyl groups excluding tert-OH is 2. The molecule has 0 aromatic rings. The SMILES string of the molecule is CC/C=C\C/C=C\C/C=C\C/C=C\C/C=C\C/C=C\C/C=C\CCCCCCCCCCCCCCCC(=O)NC(CO)C(O)/C=C/CC/C=C/CC/C=C/CCCCCCCCC. The van der Waals surface area contributed by atoms with Gasteiger partial charge >= 0.3 is 0 Å². The molecule has 0 rings (SSSR count). The second-order valence-electron chi connectivity index (χ2n) is 17.5. The van der Waals surface area contributed by atoms with E-state index in [0.717, 1.165) is 83.5 Å². The van der Waals surface area contributed by atoms with Crippen LogP contribution in [-0.4, -0.2) is 34.9 Å². The van der Waals surface area contributed by atoms with Gasteiger partial charge in [-0.05, 0) is 103 Å². The molecule has 0 aromatic heterocycles. The summed E-state index contributed by atoms with van der Waals surface area (Å²) < 4.78 is 0. The number of hydrogen-bond donors (Lipinski definition) is 3. The molecule has 0 aromatic carbocycles. The Morgan fingerprint density at radius 2 is 0.703 bits per heavy atom. The summed E-state index contributed by atoms with van der Waals surface area (Å²) in [5.74, 6) is -0.0841. The van der Waals surface area contributed by atoms with Crippen LogP contribution in [0.3, 0.4) is 0 Å². The number of rotatable bonds is 47. The first-order chi connectivity index (χ1) is 31.7. The smallest absolute Gasteiger partial charge is 0.220 e. The van der Waals surface area contributed by atoms with Crippen molar-refractivity contribution >= 4 is 5.91 Å². The van der Waals surface area contributed by atoms with Crippen molar-refractivity contribution in [3.8, 4) is 0 Å². The minimum atomic E-state index is -0.877. The van der Waals surface area contributed by atoms with Gasteiger partial charge in [-0.1, -0.05) is 245 Å². The van der Waals surface area contributed by atoms with E-state index < -0.39 is 12.1 Å². The molecular weight excluding hydrogens is 783 g/mol. The Kier molecular flexibility index (Phi) is 51.4. The zero-order valence-corrected chi connectivity index (χ0v) is 41.8. The molecule has 0 fully saturated rings. The molecule has 0 spiro atoms. The second-order valence-corrected chi connectivity index (χ2v) is 17.5. The second kappa shape index (κ2) is 54.1. The van der Waals surface area contributed by atoms with Gasteiger partial charge in [0, 0.05) is 6.42 Å². The predicted molar refractivity (Wildman–Crippen MR) is 285 cm³/mol. The molecule has 0 aliphatic heterocycles. The van der Waals surface area contributed by atoms with Crippen molar-refractivity contribution in [2.45, 2.75) is 244 Å². The molecule has 0 saturated carbocycles. The lowest BCUT2D eigenvalue weighted by molar-refractivity contribution is -0.123. The molecular formula is C60H101NO3. The lowest BCUT2D eigenvalue weighted by Gasteiger charge is -2.19. The number of carbonyl (C=O) groups excluding carboxylic acids is 1. The molecule has 0 aliphatic rings. The van der Waals surface area contributed by atoms with Crippen LogP contribution in [0.2, 0.25) is 0 Å². The first-order valence-electron chi connectivity index (χ1n) is 26.7. The molecule has 0 saturated heterocycles. The predicted octanol–water partition coefficient (Wildman–Crippen LogP) is 17.7. The van der Waals surface area contributed by atoms with E-state index in [4.69, 9.17) is 0 Å².